The molecule has 0 fully saturated rings. The second-order valence-electron chi connectivity index (χ2n) is 14.7. The number of hydrogen-bond donors (Lipinski definition) is 1. The third kappa shape index (κ3) is 4.93. The van der Waals surface area contributed by atoms with Crippen molar-refractivity contribution < 1.29 is 4.42 Å². The largest absolute Gasteiger partial charge is 0.454 e. The molecular weight excluding hydrogens is 669 g/mol. The van der Waals surface area contributed by atoms with Crippen molar-refractivity contribution in [3.8, 4) is 16.8 Å². The molecule has 4 nitrogen and oxygen atoms in total. The molecule has 5 heteroatoms. The van der Waals surface area contributed by atoms with Crippen molar-refractivity contribution in [3.63, 3.8) is 0 Å². The molecule has 1 aliphatic rings. The highest BCUT2D eigenvalue weighted by Crippen LogP contribution is 2.45. The molecule has 2 aromatic heterocycles. The Bertz CT molecular complexity index is 3090. The monoisotopic (exact) mass is 705 g/mol. The van der Waals surface area contributed by atoms with Gasteiger partial charge in [-0.05, 0) is 91.1 Å². The summed E-state index contributed by atoms with van der Waals surface area (Å²) >= 11 is 0. The minimum Gasteiger partial charge on any atom is -0.454 e. The van der Waals surface area contributed by atoms with Gasteiger partial charge >= 0.3 is 0 Å². The minimum atomic E-state index is 0.802. The van der Waals surface area contributed by atoms with Crippen LogP contribution in [0.2, 0.25) is 0 Å². The lowest BCUT2D eigenvalue weighted by atomic mass is 9.59. The molecule has 0 amide bonds. The molecular formula is C50H36BN3O. The molecule has 0 spiro atoms. The van der Waals surface area contributed by atoms with Crippen molar-refractivity contribution >= 4 is 90.4 Å². The lowest BCUT2D eigenvalue weighted by Gasteiger charge is -2.30. The molecule has 260 valence electrons. The van der Waals surface area contributed by atoms with Crippen LogP contribution in [-0.4, -0.2) is 11.8 Å². The molecule has 8 aromatic carbocycles. The van der Waals surface area contributed by atoms with Crippen LogP contribution in [0.5, 0.6) is 0 Å². The number of anilines is 5. The Hall–Kier alpha value is -6.98. The van der Waals surface area contributed by atoms with E-state index in [0.717, 1.165) is 63.2 Å². The summed E-state index contributed by atoms with van der Waals surface area (Å²) in [5.74, 6) is 0. The SMILES string of the molecule is Cc1ccc(Nc2c(-c3cc(N(c4ccccc4)c4ccccc4)cc4c3Bc3cccc5c6ccccc6n-4c35)ccc3c2oc2ccccc23)c(C)c1. The van der Waals surface area contributed by atoms with Crippen LogP contribution in [0.25, 0.3) is 60.6 Å². The number of nitrogens with zero attached hydrogens (tertiary/aromatic N) is 2. The number of para-hydroxylation sites is 5. The Balaban J connectivity index is 1.27. The Morgan fingerprint density at radius 1 is 0.564 bits per heavy atom. The highest BCUT2D eigenvalue weighted by Gasteiger charge is 2.29. The van der Waals surface area contributed by atoms with E-state index in [0.29, 0.717) is 0 Å². The zero-order valence-corrected chi connectivity index (χ0v) is 30.7. The van der Waals surface area contributed by atoms with E-state index in [1.54, 1.807) is 0 Å². The predicted molar refractivity (Wildman–Crippen MR) is 234 cm³/mol. The van der Waals surface area contributed by atoms with Crippen molar-refractivity contribution in [2.24, 2.45) is 0 Å². The molecule has 0 saturated carbocycles. The third-order valence-corrected chi connectivity index (χ3v) is 11.4. The molecule has 0 aliphatic carbocycles. The quantitative estimate of drug-likeness (QED) is 0.175. The second kappa shape index (κ2) is 12.3. The average molecular weight is 706 g/mol. The fraction of sp³-hybridized carbons (Fsp3) is 0.0400. The highest BCUT2D eigenvalue weighted by molar-refractivity contribution is 6.73. The number of rotatable bonds is 6. The number of hydrogen-bond acceptors (Lipinski definition) is 3. The van der Waals surface area contributed by atoms with Crippen molar-refractivity contribution in [2.45, 2.75) is 13.8 Å². The summed E-state index contributed by atoms with van der Waals surface area (Å²) in [4.78, 5) is 2.38. The van der Waals surface area contributed by atoms with E-state index in [9.17, 15) is 0 Å². The molecule has 55 heavy (non-hydrogen) atoms. The fourth-order valence-electron chi connectivity index (χ4n) is 8.90. The lowest BCUT2D eigenvalue weighted by molar-refractivity contribution is 0.670. The third-order valence-electron chi connectivity index (χ3n) is 11.4. The maximum absolute atomic E-state index is 6.81. The first-order valence-corrected chi connectivity index (χ1v) is 19.0. The number of aromatic nitrogens is 1. The van der Waals surface area contributed by atoms with Gasteiger partial charge in [-0.15, -0.1) is 0 Å². The molecule has 0 bridgehead atoms. The van der Waals surface area contributed by atoms with Crippen LogP contribution in [0.3, 0.4) is 0 Å². The Morgan fingerprint density at radius 2 is 1.27 bits per heavy atom. The van der Waals surface area contributed by atoms with Crippen LogP contribution >= 0.6 is 0 Å². The number of nitrogens with one attached hydrogen (secondary N) is 1. The molecule has 1 aliphatic heterocycles. The van der Waals surface area contributed by atoms with Crippen molar-refractivity contribution in [3.05, 3.63) is 181 Å². The first kappa shape index (κ1) is 31.5. The van der Waals surface area contributed by atoms with E-state index < -0.39 is 0 Å². The van der Waals surface area contributed by atoms with E-state index >= 15 is 0 Å². The zero-order valence-electron chi connectivity index (χ0n) is 30.7. The van der Waals surface area contributed by atoms with Gasteiger partial charge in [-0.3, -0.25) is 0 Å². The predicted octanol–water partition coefficient (Wildman–Crippen LogP) is 11.9. The topological polar surface area (TPSA) is 33.3 Å². The van der Waals surface area contributed by atoms with Gasteiger partial charge in [0.15, 0.2) is 12.9 Å². The van der Waals surface area contributed by atoms with Gasteiger partial charge in [0.1, 0.15) is 5.58 Å². The number of aryl methyl sites for hydroxylation is 2. The van der Waals surface area contributed by atoms with E-state index in [1.165, 1.54) is 55.1 Å². The molecule has 0 saturated heterocycles. The van der Waals surface area contributed by atoms with Gasteiger partial charge < -0.3 is 19.2 Å². The second-order valence-corrected chi connectivity index (χ2v) is 14.7. The van der Waals surface area contributed by atoms with Crippen LogP contribution in [0.4, 0.5) is 28.4 Å². The summed E-state index contributed by atoms with van der Waals surface area (Å²) in [6.45, 7) is 4.32. The fourth-order valence-corrected chi connectivity index (χ4v) is 8.90. The summed E-state index contributed by atoms with van der Waals surface area (Å²) in [6, 6.07) is 61.3. The number of fused-ring (bicyclic) bond motifs is 8. The highest BCUT2D eigenvalue weighted by atomic mass is 16.3. The van der Waals surface area contributed by atoms with E-state index in [2.05, 4.69) is 192 Å². The van der Waals surface area contributed by atoms with Gasteiger partial charge in [-0.1, -0.05) is 120 Å². The van der Waals surface area contributed by atoms with E-state index in [4.69, 9.17) is 4.42 Å². The first-order valence-electron chi connectivity index (χ1n) is 19.0. The summed E-state index contributed by atoms with van der Waals surface area (Å²) in [5, 5.41) is 8.69. The van der Waals surface area contributed by atoms with Crippen molar-refractivity contribution in [1.82, 2.24) is 4.57 Å². The summed E-state index contributed by atoms with van der Waals surface area (Å²) in [5.41, 5.74) is 18.0. The van der Waals surface area contributed by atoms with Crippen LogP contribution < -0.4 is 21.1 Å². The standard InChI is InChI=1S/C50H36BN3O/c1-31-24-27-43(32(2)28-31)52-48-38(25-26-40-37-19-10-12-23-46(37)55-50(40)48)41-29-35(53(33-14-5-3-6-15-33)34-16-7-4-8-17-34)30-45-47(41)51-42-21-13-20-39-36-18-9-11-22-44(36)54(45)49(39)42/h3-30,51-52H,1-2H3. The maximum Gasteiger partial charge on any atom is 0.198 e. The van der Waals surface area contributed by atoms with E-state index in [1.807, 2.05) is 6.07 Å². The minimum absolute atomic E-state index is 0.802. The smallest absolute Gasteiger partial charge is 0.198 e. The lowest BCUT2D eigenvalue weighted by Crippen LogP contribution is -2.37. The first-order chi connectivity index (χ1) is 27.1. The number of benzene rings is 8. The summed E-state index contributed by atoms with van der Waals surface area (Å²) in [7, 11) is 0.802. The molecule has 11 rings (SSSR count). The Labute approximate surface area is 320 Å². The van der Waals surface area contributed by atoms with Gasteiger partial charge in [0.05, 0.1) is 11.2 Å². The van der Waals surface area contributed by atoms with Gasteiger partial charge in [-0.2, -0.15) is 0 Å². The summed E-state index contributed by atoms with van der Waals surface area (Å²) < 4.78 is 9.32. The van der Waals surface area contributed by atoms with Gasteiger partial charge in [-0.25, -0.2) is 0 Å². The van der Waals surface area contributed by atoms with E-state index in [-0.39, 0.29) is 0 Å². The van der Waals surface area contributed by atoms with Crippen molar-refractivity contribution in [1.29, 1.82) is 0 Å². The molecule has 1 N–H and O–H groups in total. The Kier molecular flexibility index (Phi) is 7.05. The van der Waals surface area contributed by atoms with Gasteiger partial charge in [0.2, 0.25) is 0 Å². The summed E-state index contributed by atoms with van der Waals surface area (Å²) in [6.07, 6.45) is 0. The molecule has 0 atom stereocenters. The van der Waals surface area contributed by atoms with Crippen LogP contribution in [0.15, 0.2) is 174 Å². The molecule has 3 heterocycles. The van der Waals surface area contributed by atoms with Crippen molar-refractivity contribution in [2.75, 3.05) is 10.2 Å². The van der Waals surface area contributed by atoms with Crippen LogP contribution in [0, 0.1) is 13.8 Å². The maximum atomic E-state index is 6.81. The molecule has 0 radical (unpaired) electrons. The zero-order chi connectivity index (χ0) is 36.6. The molecule has 10 aromatic rings. The molecule has 0 unspecified atom stereocenters. The number of furan rings is 1. The Morgan fingerprint density at radius 3 is 2.05 bits per heavy atom. The van der Waals surface area contributed by atoms with Crippen LogP contribution in [-0.2, 0) is 0 Å². The average Bonchev–Trinajstić information content (AvgIpc) is 3.77. The van der Waals surface area contributed by atoms with Crippen LogP contribution in [0.1, 0.15) is 11.1 Å². The normalized spacial score (nSPS) is 12.0. The van der Waals surface area contributed by atoms with Gasteiger partial charge in [0, 0.05) is 61.1 Å². The van der Waals surface area contributed by atoms with Gasteiger partial charge in [0.25, 0.3) is 0 Å².